The summed E-state index contributed by atoms with van der Waals surface area (Å²) in [6.45, 7) is 0. The van der Waals surface area contributed by atoms with Crippen molar-refractivity contribution in [3.63, 3.8) is 0 Å². The second-order valence-corrected chi connectivity index (χ2v) is 5.24. The number of nitrogens with zero attached hydrogens (tertiary/aromatic N) is 1. The van der Waals surface area contributed by atoms with E-state index >= 15 is 0 Å². The van der Waals surface area contributed by atoms with E-state index in [1.807, 2.05) is 0 Å². The van der Waals surface area contributed by atoms with Crippen molar-refractivity contribution in [3.05, 3.63) is 42.2 Å². The minimum atomic E-state index is -7.50. The third-order valence-corrected chi connectivity index (χ3v) is 3.43. The lowest BCUT2D eigenvalue weighted by atomic mass is 9.96. The summed E-state index contributed by atoms with van der Waals surface area (Å²) in [6.07, 6.45) is -7.22. The van der Waals surface area contributed by atoms with Gasteiger partial charge >= 0.3 is 29.9 Å². The molecule has 27 heavy (non-hydrogen) atoms. The number of hydrogen-bond donors (Lipinski definition) is 0. The number of rotatable bonds is 5. The van der Waals surface area contributed by atoms with Crippen LogP contribution in [0.2, 0.25) is 0 Å². The highest BCUT2D eigenvalue weighted by Gasteiger charge is 2.88. The Labute approximate surface area is 142 Å². The molecule has 0 aliphatic heterocycles. The van der Waals surface area contributed by atoms with Crippen molar-refractivity contribution in [2.75, 3.05) is 0 Å². The van der Waals surface area contributed by atoms with Crippen molar-refractivity contribution >= 4 is 0 Å². The highest BCUT2D eigenvalue weighted by Crippen LogP contribution is 2.59. The molecule has 0 saturated carbocycles. The summed E-state index contributed by atoms with van der Waals surface area (Å²) in [5, 5.41) is 2.92. The van der Waals surface area contributed by atoms with Gasteiger partial charge in [0.1, 0.15) is 5.69 Å². The van der Waals surface area contributed by atoms with Crippen molar-refractivity contribution in [2.24, 2.45) is 0 Å². The first-order valence-electron chi connectivity index (χ1n) is 6.68. The van der Waals surface area contributed by atoms with E-state index in [-0.39, 0.29) is 11.6 Å². The van der Waals surface area contributed by atoms with Crippen molar-refractivity contribution < 1.29 is 52.8 Å². The van der Waals surface area contributed by atoms with E-state index in [1.165, 1.54) is 30.3 Å². The summed E-state index contributed by atoms with van der Waals surface area (Å²) in [4.78, 5) is 0. The van der Waals surface area contributed by atoms with E-state index in [9.17, 15) is 48.3 Å². The van der Waals surface area contributed by atoms with Gasteiger partial charge in [0, 0.05) is 11.6 Å². The lowest BCUT2D eigenvalue weighted by Crippen LogP contribution is -2.65. The third kappa shape index (κ3) is 3.02. The average Bonchev–Trinajstić information content (AvgIpc) is 3.04. The molecule has 2 aromatic rings. The standard InChI is InChI=1S/C14H6F11NO/c15-10(16,9-6-8(26-27-9)7-4-2-1-3-5-7)11(17,18)12(19,20)13(21,22)14(23,24)25/h1-6H. The topological polar surface area (TPSA) is 26.0 Å². The molecule has 0 atom stereocenters. The van der Waals surface area contributed by atoms with Gasteiger partial charge in [0.05, 0.1) is 0 Å². The number of aromatic nitrogens is 1. The maximum atomic E-state index is 13.8. The Balaban J connectivity index is 2.50. The number of benzene rings is 1. The molecule has 0 unspecified atom stereocenters. The summed E-state index contributed by atoms with van der Waals surface area (Å²) in [7, 11) is 0. The van der Waals surface area contributed by atoms with Crippen LogP contribution >= 0.6 is 0 Å². The first-order chi connectivity index (χ1) is 12.1. The summed E-state index contributed by atoms with van der Waals surface area (Å²) in [5.41, 5.74) is -0.564. The van der Waals surface area contributed by atoms with E-state index in [2.05, 4.69) is 9.68 Å². The monoisotopic (exact) mass is 413 g/mol. The minimum absolute atomic E-state index is 0.000928. The molecule has 2 rings (SSSR count). The predicted octanol–water partition coefficient (Wildman–Crippen LogP) is 5.90. The molecule has 150 valence electrons. The molecule has 0 bridgehead atoms. The van der Waals surface area contributed by atoms with Gasteiger partial charge in [-0.3, -0.25) is 0 Å². The van der Waals surface area contributed by atoms with Crippen LogP contribution in [-0.2, 0) is 5.92 Å². The average molecular weight is 413 g/mol. The maximum absolute atomic E-state index is 13.8. The summed E-state index contributed by atoms with van der Waals surface area (Å²) in [6, 6.07) is 6.66. The van der Waals surface area contributed by atoms with Gasteiger partial charge in [-0.15, -0.1) is 0 Å². The number of alkyl halides is 11. The molecule has 1 aromatic heterocycles. The molecule has 0 radical (unpaired) electrons. The highest BCUT2D eigenvalue weighted by molar-refractivity contribution is 5.58. The second-order valence-electron chi connectivity index (χ2n) is 5.24. The van der Waals surface area contributed by atoms with Gasteiger partial charge in [0.25, 0.3) is 0 Å². The van der Waals surface area contributed by atoms with Crippen LogP contribution in [0, 0.1) is 0 Å². The third-order valence-electron chi connectivity index (χ3n) is 3.43. The van der Waals surface area contributed by atoms with Crippen LogP contribution in [0.15, 0.2) is 40.9 Å². The zero-order chi connectivity index (χ0) is 20.9. The van der Waals surface area contributed by atoms with Crippen LogP contribution in [0.25, 0.3) is 11.3 Å². The fourth-order valence-corrected chi connectivity index (χ4v) is 1.90. The highest BCUT2D eigenvalue weighted by atomic mass is 19.4. The molecular formula is C14H6F11NO. The Hall–Kier alpha value is -2.34. The molecule has 1 heterocycles. The molecule has 1 aromatic carbocycles. The van der Waals surface area contributed by atoms with Crippen LogP contribution in [0.3, 0.4) is 0 Å². The molecule has 13 heteroatoms. The number of hydrogen-bond acceptors (Lipinski definition) is 2. The van der Waals surface area contributed by atoms with Gasteiger partial charge < -0.3 is 4.52 Å². The predicted molar refractivity (Wildman–Crippen MR) is 66.7 cm³/mol. The molecule has 0 spiro atoms. The summed E-state index contributed by atoms with van der Waals surface area (Å²) in [5.74, 6) is -30.7. The molecular weight excluding hydrogens is 407 g/mol. The van der Waals surface area contributed by atoms with E-state index < -0.39 is 41.3 Å². The lowest BCUT2D eigenvalue weighted by Gasteiger charge is -2.36. The molecule has 0 amide bonds. The van der Waals surface area contributed by atoms with E-state index in [1.54, 1.807) is 0 Å². The van der Waals surface area contributed by atoms with E-state index in [0.29, 0.717) is 0 Å². The molecule has 0 aliphatic carbocycles. The van der Waals surface area contributed by atoms with Gasteiger partial charge in [-0.25, -0.2) is 0 Å². The van der Waals surface area contributed by atoms with E-state index in [0.717, 1.165) is 0 Å². The Kier molecular flexibility index (Phi) is 4.73. The Bertz CT molecular complexity index is 795. The molecule has 0 N–H and O–H groups in total. The van der Waals surface area contributed by atoms with Gasteiger partial charge in [-0.2, -0.15) is 48.3 Å². The molecule has 0 saturated heterocycles. The number of halogens is 11. The van der Waals surface area contributed by atoms with Gasteiger partial charge in [-0.1, -0.05) is 35.5 Å². The molecule has 2 nitrogen and oxygen atoms in total. The van der Waals surface area contributed by atoms with E-state index in [4.69, 9.17) is 0 Å². The van der Waals surface area contributed by atoms with Crippen LogP contribution in [0.1, 0.15) is 5.76 Å². The van der Waals surface area contributed by atoms with Crippen molar-refractivity contribution in [2.45, 2.75) is 29.9 Å². The van der Waals surface area contributed by atoms with Crippen LogP contribution in [0.5, 0.6) is 0 Å². The van der Waals surface area contributed by atoms with Crippen LogP contribution < -0.4 is 0 Å². The fourth-order valence-electron chi connectivity index (χ4n) is 1.90. The second kappa shape index (κ2) is 6.09. The Morgan fingerprint density at radius 1 is 0.667 bits per heavy atom. The lowest BCUT2D eigenvalue weighted by molar-refractivity contribution is -0.426. The zero-order valence-corrected chi connectivity index (χ0v) is 12.5. The van der Waals surface area contributed by atoms with Crippen molar-refractivity contribution in [3.8, 4) is 11.3 Å². The Morgan fingerprint density at radius 3 is 1.67 bits per heavy atom. The quantitative estimate of drug-likeness (QED) is 0.571. The largest absolute Gasteiger partial charge is 0.460 e. The summed E-state index contributed by atoms with van der Waals surface area (Å²) < 4.78 is 147. The smallest absolute Gasteiger partial charge is 0.354 e. The zero-order valence-electron chi connectivity index (χ0n) is 12.5. The fraction of sp³-hybridized carbons (Fsp3) is 0.357. The molecule has 0 fully saturated rings. The first-order valence-corrected chi connectivity index (χ1v) is 6.68. The summed E-state index contributed by atoms with van der Waals surface area (Å²) >= 11 is 0. The van der Waals surface area contributed by atoms with Crippen molar-refractivity contribution in [1.29, 1.82) is 0 Å². The minimum Gasteiger partial charge on any atom is -0.354 e. The Morgan fingerprint density at radius 2 is 1.19 bits per heavy atom. The van der Waals surface area contributed by atoms with Gasteiger partial charge in [0.2, 0.25) is 5.76 Å². The normalized spacial score (nSPS) is 14.5. The first kappa shape index (κ1) is 21.0. The van der Waals surface area contributed by atoms with Crippen molar-refractivity contribution in [1.82, 2.24) is 5.16 Å². The van der Waals surface area contributed by atoms with Gasteiger partial charge in [-0.05, 0) is 0 Å². The van der Waals surface area contributed by atoms with Crippen LogP contribution in [0.4, 0.5) is 48.3 Å². The molecule has 0 aliphatic rings. The van der Waals surface area contributed by atoms with Crippen LogP contribution in [-0.4, -0.2) is 29.1 Å². The maximum Gasteiger partial charge on any atom is 0.460 e. The van der Waals surface area contributed by atoms with Gasteiger partial charge in [0.15, 0.2) is 0 Å². The SMILES string of the molecule is FC(F)(F)C(F)(F)C(F)(F)C(F)(F)C(F)(F)c1cc(-c2ccccc2)no1.